The second-order valence-corrected chi connectivity index (χ2v) is 2.73. The van der Waals surface area contributed by atoms with E-state index in [9.17, 15) is 0 Å². The second-order valence-electron chi connectivity index (χ2n) is 2.73. The van der Waals surface area contributed by atoms with Crippen molar-refractivity contribution in [2.45, 2.75) is 25.5 Å². The molecule has 1 aromatic heterocycles. The van der Waals surface area contributed by atoms with Gasteiger partial charge in [0.15, 0.2) is 0 Å². The molecule has 60 valence electrons. The lowest BCUT2D eigenvalue weighted by Gasteiger charge is -2.22. The number of ether oxygens (including phenoxy) is 1. The number of nitrogens with zero attached hydrogens (tertiary/aromatic N) is 3. The summed E-state index contributed by atoms with van der Waals surface area (Å²) < 4.78 is 7.42. The lowest BCUT2D eigenvalue weighted by molar-refractivity contribution is -0.0322. The summed E-state index contributed by atoms with van der Waals surface area (Å²) in [7, 11) is 0. The summed E-state index contributed by atoms with van der Waals surface area (Å²) in [4.78, 5) is 0. The van der Waals surface area contributed by atoms with E-state index in [2.05, 4.69) is 10.2 Å². The van der Waals surface area contributed by atoms with Gasteiger partial charge in [0.2, 0.25) is 0 Å². The minimum absolute atomic E-state index is 0.179. The highest BCUT2D eigenvalue weighted by Crippen LogP contribution is 2.20. The minimum Gasteiger partial charge on any atom is -0.358 e. The maximum absolute atomic E-state index is 5.51. The molecule has 0 bridgehead atoms. The Morgan fingerprint density at radius 1 is 1.27 bits per heavy atom. The number of aromatic nitrogens is 3. The zero-order valence-corrected chi connectivity index (χ0v) is 6.31. The van der Waals surface area contributed by atoms with E-state index in [1.807, 2.05) is 4.57 Å². The van der Waals surface area contributed by atoms with Crippen molar-refractivity contribution in [3.63, 3.8) is 0 Å². The van der Waals surface area contributed by atoms with Crippen LogP contribution >= 0.6 is 0 Å². The van der Waals surface area contributed by atoms with Crippen LogP contribution < -0.4 is 0 Å². The van der Waals surface area contributed by atoms with Gasteiger partial charge in [-0.3, -0.25) is 4.57 Å². The maximum atomic E-state index is 5.51. The zero-order chi connectivity index (χ0) is 7.52. The van der Waals surface area contributed by atoms with Gasteiger partial charge in [0.25, 0.3) is 0 Å². The molecule has 1 unspecified atom stereocenters. The van der Waals surface area contributed by atoms with Gasteiger partial charge in [-0.05, 0) is 19.3 Å². The van der Waals surface area contributed by atoms with Crippen molar-refractivity contribution in [2.24, 2.45) is 0 Å². The van der Waals surface area contributed by atoms with Gasteiger partial charge in [0.1, 0.15) is 18.9 Å². The first kappa shape index (κ1) is 6.79. The van der Waals surface area contributed by atoms with Crippen molar-refractivity contribution in [1.29, 1.82) is 0 Å². The van der Waals surface area contributed by atoms with E-state index in [1.165, 1.54) is 12.8 Å². The lowest BCUT2D eigenvalue weighted by atomic mass is 10.2. The van der Waals surface area contributed by atoms with E-state index in [1.54, 1.807) is 12.7 Å². The summed E-state index contributed by atoms with van der Waals surface area (Å²) in [6.45, 7) is 0.864. The molecule has 4 nitrogen and oxygen atoms in total. The predicted molar refractivity (Wildman–Crippen MR) is 38.9 cm³/mol. The summed E-state index contributed by atoms with van der Waals surface area (Å²) >= 11 is 0. The molecule has 1 fully saturated rings. The molecule has 1 aromatic rings. The quantitative estimate of drug-likeness (QED) is 0.603. The molecule has 0 amide bonds. The molecule has 0 spiro atoms. The van der Waals surface area contributed by atoms with Crippen LogP contribution in [0.15, 0.2) is 12.7 Å². The molecule has 0 N–H and O–H groups in total. The summed E-state index contributed by atoms with van der Waals surface area (Å²) in [6.07, 6.45) is 7.09. The Morgan fingerprint density at radius 3 is 2.73 bits per heavy atom. The Labute approximate surface area is 65.2 Å². The molecule has 11 heavy (non-hydrogen) atoms. The van der Waals surface area contributed by atoms with Gasteiger partial charge in [0.05, 0.1) is 0 Å². The standard InChI is InChI=1S/C7H11N3O/c1-2-4-11-7(3-1)10-5-8-9-6-10/h5-7H,1-4H2. The van der Waals surface area contributed by atoms with Crippen molar-refractivity contribution >= 4 is 0 Å². The van der Waals surface area contributed by atoms with Crippen molar-refractivity contribution in [3.05, 3.63) is 12.7 Å². The maximum Gasteiger partial charge on any atom is 0.136 e. The Bertz CT molecular complexity index is 203. The van der Waals surface area contributed by atoms with Crippen molar-refractivity contribution in [2.75, 3.05) is 6.61 Å². The Morgan fingerprint density at radius 2 is 2.09 bits per heavy atom. The Kier molecular flexibility index (Phi) is 1.85. The predicted octanol–water partition coefficient (Wildman–Crippen LogP) is 0.977. The van der Waals surface area contributed by atoms with Gasteiger partial charge in [-0.2, -0.15) is 0 Å². The topological polar surface area (TPSA) is 39.9 Å². The SMILES string of the molecule is c1nncn1C1CCCCO1. The van der Waals surface area contributed by atoms with Gasteiger partial charge in [-0.25, -0.2) is 0 Å². The molecule has 1 aliphatic rings. The van der Waals surface area contributed by atoms with Crippen LogP contribution in [0.2, 0.25) is 0 Å². The lowest BCUT2D eigenvalue weighted by Crippen LogP contribution is -2.16. The molecule has 0 aliphatic carbocycles. The van der Waals surface area contributed by atoms with Crippen LogP contribution in [-0.4, -0.2) is 21.4 Å². The normalized spacial score (nSPS) is 25.3. The van der Waals surface area contributed by atoms with Crippen LogP contribution in [0.5, 0.6) is 0 Å². The molecule has 2 rings (SSSR count). The van der Waals surface area contributed by atoms with Crippen molar-refractivity contribution in [3.8, 4) is 0 Å². The van der Waals surface area contributed by atoms with Gasteiger partial charge >= 0.3 is 0 Å². The fraction of sp³-hybridized carbons (Fsp3) is 0.714. The Balaban J connectivity index is 2.04. The summed E-state index contributed by atoms with van der Waals surface area (Å²) in [5, 5.41) is 7.46. The Hall–Kier alpha value is -0.900. The highest BCUT2D eigenvalue weighted by molar-refractivity contribution is 4.68. The summed E-state index contributed by atoms with van der Waals surface area (Å²) in [5.41, 5.74) is 0. The molecule has 0 aromatic carbocycles. The van der Waals surface area contributed by atoms with Crippen LogP contribution in [-0.2, 0) is 4.74 Å². The monoisotopic (exact) mass is 153 g/mol. The average Bonchev–Trinajstić information content (AvgIpc) is 2.58. The number of hydrogen-bond acceptors (Lipinski definition) is 3. The third-order valence-electron chi connectivity index (χ3n) is 1.92. The van der Waals surface area contributed by atoms with Crippen LogP contribution in [0.25, 0.3) is 0 Å². The van der Waals surface area contributed by atoms with Gasteiger partial charge in [-0.1, -0.05) is 0 Å². The first-order valence-electron chi connectivity index (χ1n) is 3.92. The number of rotatable bonds is 1. The van der Waals surface area contributed by atoms with Crippen LogP contribution in [0.1, 0.15) is 25.5 Å². The van der Waals surface area contributed by atoms with Crippen LogP contribution in [0.3, 0.4) is 0 Å². The van der Waals surface area contributed by atoms with Crippen molar-refractivity contribution < 1.29 is 4.74 Å². The van der Waals surface area contributed by atoms with Gasteiger partial charge in [-0.15, -0.1) is 10.2 Å². The second kappa shape index (κ2) is 3.00. The fourth-order valence-electron chi connectivity index (χ4n) is 1.32. The van der Waals surface area contributed by atoms with E-state index in [4.69, 9.17) is 4.74 Å². The molecule has 1 saturated heterocycles. The zero-order valence-electron chi connectivity index (χ0n) is 6.31. The molecular formula is C7H11N3O. The first-order chi connectivity index (χ1) is 5.47. The third-order valence-corrected chi connectivity index (χ3v) is 1.92. The molecule has 1 aliphatic heterocycles. The highest BCUT2D eigenvalue weighted by atomic mass is 16.5. The molecule has 0 radical (unpaired) electrons. The number of hydrogen-bond donors (Lipinski definition) is 0. The fourth-order valence-corrected chi connectivity index (χ4v) is 1.32. The molecule has 1 atom stereocenters. The van der Waals surface area contributed by atoms with Gasteiger partial charge in [0, 0.05) is 6.61 Å². The first-order valence-corrected chi connectivity index (χ1v) is 3.92. The highest BCUT2D eigenvalue weighted by Gasteiger charge is 2.14. The van der Waals surface area contributed by atoms with Crippen LogP contribution in [0.4, 0.5) is 0 Å². The molecule has 0 saturated carbocycles. The van der Waals surface area contributed by atoms with E-state index in [0.29, 0.717) is 0 Å². The van der Waals surface area contributed by atoms with Crippen LogP contribution in [0, 0.1) is 0 Å². The molecule has 4 heteroatoms. The summed E-state index contributed by atoms with van der Waals surface area (Å²) in [5.74, 6) is 0. The van der Waals surface area contributed by atoms with E-state index in [0.717, 1.165) is 13.0 Å². The smallest absolute Gasteiger partial charge is 0.136 e. The van der Waals surface area contributed by atoms with E-state index in [-0.39, 0.29) is 6.23 Å². The van der Waals surface area contributed by atoms with E-state index < -0.39 is 0 Å². The third kappa shape index (κ3) is 1.40. The van der Waals surface area contributed by atoms with Crippen molar-refractivity contribution in [1.82, 2.24) is 14.8 Å². The molecular weight excluding hydrogens is 142 g/mol. The summed E-state index contributed by atoms with van der Waals surface area (Å²) in [6, 6.07) is 0. The van der Waals surface area contributed by atoms with Gasteiger partial charge < -0.3 is 4.74 Å². The molecule has 2 heterocycles. The average molecular weight is 153 g/mol. The minimum atomic E-state index is 0.179. The largest absolute Gasteiger partial charge is 0.358 e. The van der Waals surface area contributed by atoms with E-state index >= 15 is 0 Å².